The molecule has 1 unspecified atom stereocenters. The first-order chi connectivity index (χ1) is 10.7. The molecule has 0 bridgehead atoms. The Kier molecular flexibility index (Phi) is 7.13. The molecule has 0 saturated carbocycles. The van der Waals surface area contributed by atoms with Gasteiger partial charge in [0.15, 0.2) is 0 Å². The topological polar surface area (TPSA) is 33.5 Å². The number of nitrogens with one attached hydrogen (secondary N) is 2. The molecule has 1 heterocycles. The SMILES string of the molecule is C[C@@H]1CCCC[NH+]1CCCNC(=O)/C=C/c1ccccc1Br. The molecule has 1 aromatic carbocycles. The van der Waals surface area contributed by atoms with E-state index in [9.17, 15) is 4.79 Å². The van der Waals surface area contributed by atoms with Crippen molar-refractivity contribution >= 4 is 27.9 Å². The number of rotatable bonds is 6. The normalized spacial score (nSPS) is 21.9. The second-order valence-electron chi connectivity index (χ2n) is 6.05. The van der Waals surface area contributed by atoms with Gasteiger partial charge in [-0.2, -0.15) is 0 Å². The lowest BCUT2D eigenvalue weighted by molar-refractivity contribution is -0.928. The van der Waals surface area contributed by atoms with Crippen molar-refractivity contribution in [2.45, 2.75) is 38.6 Å². The quantitative estimate of drug-likeness (QED) is 0.589. The van der Waals surface area contributed by atoms with E-state index in [1.165, 1.54) is 25.8 Å². The summed E-state index contributed by atoms with van der Waals surface area (Å²) >= 11 is 3.47. The number of amides is 1. The summed E-state index contributed by atoms with van der Waals surface area (Å²) in [6.45, 7) is 5.55. The maximum atomic E-state index is 11.8. The minimum Gasteiger partial charge on any atom is -0.352 e. The average molecular weight is 366 g/mol. The maximum Gasteiger partial charge on any atom is 0.244 e. The van der Waals surface area contributed by atoms with Gasteiger partial charge in [-0.15, -0.1) is 0 Å². The first-order valence-corrected chi connectivity index (χ1v) is 9.01. The lowest BCUT2D eigenvalue weighted by atomic mass is 10.0. The predicted molar refractivity (Wildman–Crippen MR) is 94.8 cm³/mol. The van der Waals surface area contributed by atoms with E-state index in [1.807, 2.05) is 30.3 Å². The standard InChI is InChI=1S/C18H25BrN2O/c1-15-7-4-5-13-21(15)14-6-12-20-18(22)11-10-16-8-2-3-9-17(16)19/h2-3,8-11,15H,4-7,12-14H2,1H3,(H,20,22)/p+1/b11-10+/t15-/m1/s1. The first kappa shape index (κ1) is 17.2. The van der Waals surface area contributed by atoms with E-state index in [4.69, 9.17) is 0 Å². The Morgan fingerprint density at radius 3 is 3.00 bits per heavy atom. The molecule has 0 radical (unpaired) electrons. The van der Waals surface area contributed by atoms with Crippen LogP contribution in [0.15, 0.2) is 34.8 Å². The smallest absolute Gasteiger partial charge is 0.244 e. The molecule has 2 N–H and O–H groups in total. The van der Waals surface area contributed by atoms with Crippen molar-refractivity contribution in [2.75, 3.05) is 19.6 Å². The minimum absolute atomic E-state index is 0.0163. The highest BCUT2D eigenvalue weighted by atomic mass is 79.9. The van der Waals surface area contributed by atoms with Gasteiger partial charge in [0.05, 0.1) is 19.1 Å². The summed E-state index contributed by atoms with van der Waals surface area (Å²) in [5.74, 6) is -0.0163. The molecule has 1 aromatic rings. The number of piperidine rings is 1. The number of hydrogen-bond donors (Lipinski definition) is 2. The number of halogens is 1. The number of quaternary nitrogens is 1. The highest BCUT2D eigenvalue weighted by Gasteiger charge is 2.20. The van der Waals surface area contributed by atoms with Crippen LogP contribution in [0.4, 0.5) is 0 Å². The molecule has 2 atom stereocenters. The second-order valence-corrected chi connectivity index (χ2v) is 6.91. The van der Waals surface area contributed by atoms with Crippen molar-refractivity contribution in [1.82, 2.24) is 5.32 Å². The molecule has 1 saturated heterocycles. The molecular weight excluding hydrogens is 340 g/mol. The minimum atomic E-state index is -0.0163. The summed E-state index contributed by atoms with van der Waals surface area (Å²) < 4.78 is 1.00. The zero-order valence-corrected chi connectivity index (χ0v) is 14.9. The molecule has 0 spiro atoms. The van der Waals surface area contributed by atoms with Crippen molar-refractivity contribution in [1.29, 1.82) is 0 Å². The van der Waals surface area contributed by atoms with Gasteiger partial charge in [-0.25, -0.2) is 0 Å². The lowest BCUT2D eigenvalue weighted by Crippen LogP contribution is -3.16. The van der Waals surface area contributed by atoms with Crippen LogP contribution < -0.4 is 10.2 Å². The Hall–Kier alpha value is -1.13. The largest absolute Gasteiger partial charge is 0.352 e. The monoisotopic (exact) mass is 365 g/mol. The Morgan fingerprint density at radius 1 is 1.41 bits per heavy atom. The summed E-state index contributed by atoms with van der Waals surface area (Å²) in [5, 5.41) is 2.97. The fraction of sp³-hybridized carbons (Fsp3) is 0.500. The fourth-order valence-electron chi connectivity index (χ4n) is 2.99. The predicted octanol–water partition coefficient (Wildman–Crippen LogP) is 2.43. The molecule has 120 valence electrons. The van der Waals surface area contributed by atoms with E-state index < -0.39 is 0 Å². The van der Waals surface area contributed by atoms with Gasteiger partial charge >= 0.3 is 0 Å². The summed E-state index contributed by atoms with van der Waals surface area (Å²) in [7, 11) is 0. The van der Waals surface area contributed by atoms with Gasteiger partial charge in [-0.3, -0.25) is 4.79 Å². The summed E-state index contributed by atoms with van der Waals surface area (Å²) in [4.78, 5) is 13.5. The van der Waals surface area contributed by atoms with Gasteiger partial charge in [0, 0.05) is 23.5 Å². The van der Waals surface area contributed by atoms with Crippen LogP contribution in [0.3, 0.4) is 0 Å². The lowest BCUT2D eigenvalue weighted by Gasteiger charge is -2.30. The Labute approximate surface area is 141 Å². The molecule has 0 aromatic heterocycles. The van der Waals surface area contributed by atoms with E-state index in [2.05, 4.69) is 28.2 Å². The van der Waals surface area contributed by atoms with Gasteiger partial charge in [0.25, 0.3) is 0 Å². The number of carbonyl (C=O) groups is 1. The van der Waals surface area contributed by atoms with E-state index in [1.54, 1.807) is 11.0 Å². The van der Waals surface area contributed by atoms with Crippen LogP contribution in [0.2, 0.25) is 0 Å². The van der Waals surface area contributed by atoms with Crippen LogP contribution in [0.5, 0.6) is 0 Å². The molecule has 1 aliphatic rings. The highest BCUT2D eigenvalue weighted by Crippen LogP contribution is 2.16. The van der Waals surface area contributed by atoms with Gasteiger partial charge in [0.2, 0.25) is 5.91 Å². The van der Waals surface area contributed by atoms with Gasteiger partial charge in [0.1, 0.15) is 0 Å². The third-order valence-corrected chi connectivity index (χ3v) is 5.10. The second kappa shape index (κ2) is 9.11. The highest BCUT2D eigenvalue weighted by molar-refractivity contribution is 9.10. The molecule has 1 amide bonds. The van der Waals surface area contributed by atoms with E-state index in [0.29, 0.717) is 0 Å². The van der Waals surface area contributed by atoms with Gasteiger partial charge in [-0.1, -0.05) is 34.1 Å². The van der Waals surface area contributed by atoms with E-state index in [-0.39, 0.29) is 5.91 Å². The molecule has 0 aliphatic carbocycles. The van der Waals surface area contributed by atoms with Crippen LogP contribution in [0, 0.1) is 0 Å². The number of likely N-dealkylation sites (tertiary alicyclic amines) is 1. The van der Waals surface area contributed by atoms with Crippen molar-refractivity contribution in [3.05, 3.63) is 40.4 Å². The summed E-state index contributed by atoms with van der Waals surface area (Å²) in [6, 6.07) is 8.66. The summed E-state index contributed by atoms with van der Waals surface area (Å²) in [5.41, 5.74) is 1.02. The molecule has 2 rings (SSSR count). The van der Waals surface area contributed by atoms with Gasteiger partial charge < -0.3 is 10.2 Å². The Morgan fingerprint density at radius 2 is 2.23 bits per heavy atom. The van der Waals surface area contributed by atoms with Crippen LogP contribution >= 0.6 is 15.9 Å². The van der Waals surface area contributed by atoms with E-state index >= 15 is 0 Å². The van der Waals surface area contributed by atoms with Crippen LogP contribution in [0.25, 0.3) is 6.08 Å². The van der Waals surface area contributed by atoms with E-state index in [0.717, 1.165) is 35.6 Å². The molecular formula is C18H26BrN2O+. The zero-order chi connectivity index (χ0) is 15.8. The Balaban J connectivity index is 1.66. The van der Waals surface area contributed by atoms with Crippen molar-refractivity contribution in [3.8, 4) is 0 Å². The Bertz CT molecular complexity index is 516. The summed E-state index contributed by atoms with van der Waals surface area (Å²) in [6.07, 6.45) is 8.57. The zero-order valence-electron chi connectivity index (χ0n) is 13.3. The van der Waals surface area contributed by atoms with Crippen LogP contribution in [-0.2, 0) is 4.79 Å². The van der Waals surface area contributed by atoms with Crippen LogP contribution in [-0.4, -0.2) is 31.6 Å². The third kappa shape index (κ3) is 5.58. The third-order valence-electron chi connectivity index (χ3n) is 4.38. The first-order valence-electron chi connectivity index (χ1n) is 8.22. The number of benzene rings is 1. The van der Waals surface area contributed by atoms with Gasteiger partial charge in [-0.05, 0) is 43.9 Å². The maximum absolute atomic E-state index is 11.8. The molecule has 1 fully saturated rings. The molecule has 3 nitrogen and oxygen atoms in total. The number of carbonyl (C=O) groups excluding carboxylic acids is 1. The fourth-order valence-corrected chi connectivity index (χ4v) is 3.40. The van der Waals surface area contributed by atoms with Crippen LogP contribution in [0.1, 0.15) is 38.2 Å². The van der Waals surface area contributed by atoms with Crippen molar-refractivity contribution < 1.29 is 9.69 Å². The van der Waals surface area contributed by atoms with Crippen molar-refractivity contribution in [3.63, 3.8) is 0 Å². The number of hydrogen-bond acceptors (Lipinski definition) is 1. The molecule has 1 aliphatic heterocycles. The van der Waals surface area contributed by atoms with Crippen molar-refractivity contribution in [2.24, 2.45) is 0 Å². The molecule has 22 heavy (non-hydrogen) atoms. The molecule has 4 heteroatoms. The average Bonchev–Trinajstić information content (AvgIpc) is 2.52.